The predicted molar refractivity (Wildman–Crippen MR) is 65.5 cm³/mol. The van der Waals surface area contributed by atoms with Gasteiger partial charge in [-0.3, -0.25) is 4.90 Å². The number of phenolic OH excluding ortho intramolecular Hbond substituents is 1. The second kappa shape index (κ2) is 5.80. The summed E-state index contributed by atoms with van der Waals surface area (Å²) in [5, 5.41) is 21.4. The van der Waals surface area contributed by atoms with Crippen molar-refractivity contribution in [1.82, 2.24) is 10.2 Å². The van der Waals surface area contributed by atoms with E-state index in [4.69, 9.17) is 5.26 Å². The van der Waals surface area contributed by atoms with Crippen molar-refractivity contribution in [2.75, 3.05) is 26.2 Å². The first-order valence-electron chi connectivity index (χ1n) is 6.02. The van der Waals surface area contributed by atoms with Gasteiger partial charge in [0.2, 0.25) is 0 Å². The van der Waals surface area contributed by atoms with Crippen molar-refractivity contribution in [2.45, 2.75) is 12.5 Å². The fourth-order valence-electron chi connectivity index (χ4n) is 2.30. The number of nitrogens with zero attached hydrogens (tertiary/aromatic N) is 2. The molecule has 1 fully saturated rings. The Hall–Kier alpha value is -1.64. The topological polar surface area (TPSA) is 59.3 Å². The molecule has 0 amide bonds. The Kier molecular flexibility index (Phi) is 4.13. The molecule has 5 heteroatoms. The summed E-state index contributed by atoms with van der Waals surface area (Å²) in [4.78, 5) is 2.11. The third-order valence-electron chi connectivity index (χ3n) is 3.22. The van der Waals surface area contributed by atoms with Gasteiger partial charge in [-0.15, -0.1) is 0 Å². The molecule has 1 aromatic carbocycles. The molecule has 1 heterocycles. The number of hydrogen-bond donors (Lipinski definition) is 2. The van der Waals surface area contributed by atoms with Gasteiger partial charge in [-0.1, -0.05) is 6.07 Å². The minimum Gasteiger partial charge on any atom is -0.508 e. The molecule has 4 nitrogen and oxygen atoms in total. The number of nitrogens with one attached hydrogen (secondary N) is 1. The first-order chi connectivity index (χ1) is 8.72. The van der Waals surface area contributed by atoms with Gasteiger partial charge in [0.1, 0.15) is 11.6 Å². The fourth-order valence-corrected chi connectivity index (χ4v) is 2.30. The Morgan fingerprint density at radius 2 is 2.17 bits per heavy atom. The lowest BCUT2D eigenvalue weighted by Crippen LogP contribution is -2.45. The van der Waals surface area contributed by atoms with Crippen molar-refractivity contribution in [2.24, 2.45) is 0 Å². The van der Waals surface area contributed by atoms with Crippen LogP contribution in [0.3, 0.4) is 0 Å². The zero-order valence-electron chi connectivity index (χ0n) is 10.1. The van der Waals surface area contributed by atoms with Crippen molar-refractivity contribution in [3.8, 4) is 11.8 Å². The highest BCUT2D eigenvalue weighted by Crippen LogP contribution is 2.28. The molecular formula is C13H16FN3O. The second-order valence-electron chi connectivity index (χ2n) is 4.37. The van der Waals surface area contributed by atoms with Crippen molar-refractivity contribution in [1.29, 1.82) is 5.26 Å². The zero-order chi connectivity index (χ0) is 13.0. The Balaban J connectivity index is 2.25. The van der Waals surface area contributed by atoms with Gasteiger partial charge < -0.3 is 10.4 Å². The molecule has 2 N–H and O–H groups in total. The summed E-state index contributed by atoms with van der Waals surface area (Å²) < 4.78 is 13.9. The highest BCUT2D eigenvalue weighted by atomic mass is 19.1. The van der Waals surface area contributed by atoms with Crippen LogP contribution in [0.5, 0.6) is 5.75 Å². The normalized spacial score (nSPS) is 18.2. The van der Waals surface area contributed by atoms with Crippen LogP contribution in [-0.2, 0) is 0 Å². The number of halogens is 1. The van der Waals surface area contributed by atoms with E-state index in [1.165, 1.54) is 6.07 Å². The third-order valence-corrected chi connectivity index (χ3v) is 3.22. The Morgan fingerprint density at radius 3 is 2.78 bits per heavy atom. The largest absolute Gasteiger partial charge is 0.508 e. The summed E-state index contributed by atoms with van der Waals surface area (Å²) in [6, 6.07) is 6.00. The summed E-state index contributed by atoms with van der Waals surface area (Å²) in [6.07, 6.45) is 0.252. The van der Waals surface area contributed by atoms with Crippen molar-refractivity contribution < 1.29 is 9.50 Å². The van der Waals surface area contributed by atoms with Crippen LogP contribution >= 0.6 is 0 Å². The van der Waals surface area contributed by atoms with E-state index in [1.54, 1.807) is 6.07 Å². The van der Waals surface area contributed by atoms with Gasteiger partial charge in [0.15, 0.2) is 0 Å². The minimum absolute atomic E-state index is 0.0905. The molecule has 0 saturated carbocycles. The standard InChI is InChI=1S/C13H16FN3O/c14-12-9-10(18)1-2-11(12)13(3-4-15)17-7-5-16-6-8-17/h1-2,9,13,16,18H,3,5-8H2/t13-/m1/s1. The first kappa shape index (κ1) is 12.8. The summed E-state index contributed by atoms with van der Waals surface area (Å²) in [5.74, 6) is -0.541. The van der Waals surface area contributed by atoms with Crippen molar-refractivity contribution in [3.63, 3.8) is 0 Å². The van der Waals surface area contributed by atoms with Crippen LogP contribution in [0.25, 0.3) is 0 Å². The maximum absolute atomic E-state index is 13.9. The van der Waals surface area contributed by atoms with E-state index in [0.717, 1.165) is 32.2 Å². The molecule has 1 aliphatic rings. The molecule has 1 saturated heterocycles. The molecule has 1 atom stereocenters. The molecule has 0 spiro atoms. The summed E-state index contributed by atoms with van der Waals surface area (Å²) in [6.45, 7) is 3.29. The maximum atomic E-state index is 13.9. The highest BCUT2D eigenvalue weighted by molar-refractivity contribution is 5.30. The smallest absolute Gasteiger partial charge is 0.131 e. The molecule has 2 rings (SSSR count). The van der Waals surface area contributed by atoms with Crippen LogP contribution in [0.1, 0.15) is 18.0 Å². The molecule has 1 aliphatic heterocycles. The van der Waals surface area contributed by atoms with Gasteiger partial charge in [0.25, 0.3) is 0 Å². The summed E-state index contributed by atoms with van der Waals surface area (Å²) in [5.41, 5.74) is 0.483. The Bertz CT molecular complexity index is 452. The summed E-state index contributed by atoms with van der Waals surface area (Å²) in [7, 11) is 0. The van der Waals surface area contributed by atoms with Crippen LogP contribution in [0, 0.1) is 17.1 Å². The molecule has 1 aromatic rings. The van der Waals surface area contributed by atoms with Gasteiger partial charge in [-0.2, -0.15) is 5.26 Å². The first-order valence-corrected chi connectivity index (χ1v) is 6.02. The minimum atomic E-state index is -0.450. The average molecular weight is 249 g/mol. The third kappa shape index (κ3) is 2.78. The SMILES string of the molecule is N#CC[C@H](c1ccc(O)cc1F)N1CCNCC1. The number of aromatic hydroxyl groups is 1. The molecule has 0 aliphatic carbocycles. The predicted octanol–water partition coefficient (Wildman–Crippen LogP) is 1.39. The quantitative estimate of drug-likeness (QED) is 0.850. The van der Waals surface area contributed by atoms with Crippen LogP contribution < -0.4 is 5.32 Å². The van der Waals surface area contributed by atoms with Crippen LogP contribution in [-0.4, -0.2) is 36.2 Å². The van der Waals surface area contributed by atoms with Crippen LogP contribution in [0.4, 0.5) is 4.39 Å². The fraction of sp³-hybridized carbons (Fsp3) is 0.462. The molecule has 0 aromatic heterocycles. The molecule has 0 radical (unpaired) electrons. The molecular weight excluding hydrogens is 233 g/mol. The van der Waals surface area contributed by atoms with Gasteiger partial charge in [0.05, 0.1) is 18.5 Å². The van der Waals surface area contributed by atoms with Gasteiger partial charge in [-0.25, -0.2) is 4.39 Å². The van der Waals surface area contributed by atoms with E-state index < -0.39 is 5.82 Å². The Labute approximate surface area is 106 Å². The van der Waals surface area contributed by atoms with Crippen molar-refractivity contribution in [3.05, 3.63) is 29.6 Å². The number of benzene rings is 1. The lowest BCUT2D eigenvalue weighted by Gasteiger charge is -2.34. The van der Waals surface area contributed by atoms with E-state index >= 15 is 0 Å². The number of rotatable bonds is 3. The lowest BCUT2D eigenvalue weighted by atomic mass is 10.0. The molecule has 0 unspecified atom stereocenters. The van der Waals surface area contributed by atoms with E-state index in [2.05, 4.69) is 16.3 Å². The van der Waals surface area contributed by atoms with Gasteiger partial charge in [-0.05, 0) is 6.07 Å². The Morgan fingerprint density at radius 1 is 1.44 bits per heavy atom. The van der Waals surface area contributed by atoms with Crippen LogP contribution in [0.2, 0.25) is 0 Å². The monoisotopic (exact) mass is 249 g/mol. The number of hydrogen-bond acceptors (Lipinski definition) is 4. The highest BCUT2D eigenvalue weighted by Gasteiger charge is 2.24. The van der Waals surface area contributed by atoms with Gasteiger partial charge >= 0.3 is 0 Å². The number of piperazine rings is 1. The molecule has 0 bridgehead atoms. The molecule has 18 heavy (non-hydrogen) atoms. The lowest BCUT2D eigenvalue weighted by molar-refractivity contribution is 0.172. The number of phenols is 1. The number of nitriles is 1. The van der Waals surface area contributed by atoms with E-state index in [9.17, 15) is 9.50 Å². The summed E-state index contributed by atoms with van der Waals surface area (Å²) >= 11 is 0. The van der Waals surface area contributed by atoms with E-state index in [1.807, 2.05) is 0 Å². The van der Waals surface area contributed by atoms with E-state index in [-0.39, 0.29) is 18.2 Å². The van der Waals surface area contributed by atoms with Gasteiger partial charge in [0, 0.05) is 37.8 Å². The van der Waals surface area contributed by atoms with Crippen molar-refractivity contribution >= 4 is 0 Å². The average Bonchev–Trinajstić information content (AvgIpc) is 2.38. The van der Waals surface area contributed by atoms with Crippen LogP contribution in [0.15, 0.2) is 18.2 Å². The zero-order valence-corrected chi connectivity index (χ0v) is 10.1. The second-order valence-corrected chi connectivity index (χ2v) is 4.37. The molecule has 96 valence electrons. The maximum Gasteiger partial charge on any atom is 0.131 e. The van der Waals surface area contributed by atoms with E-state index in [0.29, 0.717) is 5.56 Å².